The minimum absolute atomic E-state index is 0.0222. The molecule has 1 saturated heterocycles. The van der Waals surface area contributed by atoms with Crippen LogP contribution in [0.3, 0.4) is 0 Å². The Kier molecular flexibility index (Phi) is 7.64. The van der Waals surface area contributed by atoms with Gasteiger partial charge in [-0.15, -0.1) is 0 Å². The van der Waals surface area contributed by atoms with Gasteiger partial charge in [0.1, 0.15) is 33.4 Å². The summed E-state index contributed by atoms with van der Waals surface area (Å²) in [5.74, 6) is -0.329. The van der Waals surface area contributed by atoms with Crippen LogP contribution in [0.2, 0.25) is 0 Å². The molecule has 2 fully saturated rings. The summed E-state index contributed by atoms with van der Waals surface area (Å²) in [4.78, 5) is 35.9. The molecule has 42 heavy (non-hydrogen) atoms. The van der Waals surface area contributed by atoms with Crippen molar-refractivity contribution in [2.75, 3.05) is 24.5 Å². The number of aromatic nitrogens is 2. The average molecular weight is 633 g/mol. The van der Waals surface area contributed by atoms with Gasteiger partial charge in [-0.1, -0.05) is 24.3 Å². The lowest BCUT2D eigenvalue weighted by atomic mass is 9.92. The van der Waals surface area contributed by atoms with Crippen LogP contribution in [0, 0.1) is 28.9 Å². The maximum Gasteiger partial charge on any atom is 0.270 e. The molecule has 1 atom stereocenters. The number of piperazine rings is 1. The molecule has 4 aromatic rings. The summed E-state index contributed by atoms with van der Waals surface area (Å²) in [5, 5.41) is 10.1. The summed E-state index contributed by atoms with van der Waals surface area (Å²) in [6, 6.07) is 16.9. The zero-order valence-corrected chi connectivity index (χ0v) is 24.5. The van der Waals surface area contributed by atoms with Crippen molar-refractivity contribution in [3.05, 3.63) is 104 Å². The van der Waals surface area contributed by atoms with E-state index in [1.165, 1.54) is 28.8 Å². The average Bonchev–Trinajstić information content (AvgIpc) is 3.81. The van der Waals surface area contributed by atoms with Gasteiger partial charge < -0.3 is 9.47 Å². The van der Waals surface area contributed by atoms with E-state index < -0.39 is 17.6 Å². The van der Waals surface area contributed by atoms with E-state index in [0.29, 0.717) is 46.8 Å². The Balaban J connectivity index is 1.47. The van der Waals surface area contributed by atoms with Crippen molar-refractivity contribution in [1.82, 2.24) is 14.5 Å². The molecular weight excluding hydrogens is 604 g/mol. The number of nitrogens with zero attached hydrogens (tertiary/aromatic N) is 5. The van der Waals surface area contributed by atoms with Gasteiger partial charge in [0.25, 0.3) is 5.56 Å². The summed E-state index contributed by atoms with van der Waals surface area (Å²) in [6.45, 7) is 1.03. The maximum atomic E-state index is 14.0. The molecule has 0 radical (unpaired) electrons. The molecule has 0 amide bonds. The number of carbonyl (C=O) groups excluding carboxylic acids is 1. The van der Waals surface area contributed by atoms with Crippen molar-refractivity contribution in [3.63, 3.8) is 0 Å². The largest absolute Gasteiger partial charge is 0.365 e. The number of nitriles is 1. The van der Waals surface area contributed by atoms with Crippen molar-refractivity contribution in [2.24, 2.45) is 13.0 Å². The van der Waals surface area contributed by atoms with Crippen LogP contribution in [0.15, 0.2) is 70.1 Å². The molecule has 214 valence electrons. The summed E-state index contributed by atoms with van der Waals surface area (Å²) < 4.78 is 29.9. The molecule has 1 aliphatic heterocycles. The number of ketones is 1. The second-order valence-electron chi connectivity index (χ2n) is 11.0. The fraction of sp³-hybridized carbons (Fsp3) is 0.312. The van der Waals surface area contributed by atoms with Crippen molar-refractivity contribution >= 4 is 38.4 Å². The summed E-state index contributed by atoms with van der Waals surface area (Å²) >= 11 is 3.42. The van der Waals surface area contributed by atoms with Crippen molar-refractivity contribution < 1.29 is 13.6 Å². The van der Waals surface area contributed by atoms with Gasteiger partial charge in [-0.3, -0.25) is 14.5 Å². The van der Waals surface area contributed by atoms with Crippen molar-refractivity contribution in [1.29, 1.82) is 5.26 Å². The van der Waals surface area contributed by atoms with Crippen molar-refractivity contribution in [2.45, 2.75) is 31.3 Å². The highest BCUT2D eigenvalue weighted by atomic mass is 79.9. The molecule has 10 heteroatoms. The van der Waals surface area contributed by atoms with E-state index in [2.05, 4.69) is 31.9 Å². The van der Waals surface area contributed by atoms with E-state index in [9.17, 15) is 23.6 Å². The van der Waals surface area contributed by atoms with Crippen LogP contribution in [-0.4, -0.2) is 45.9 Å². The van der Waals surface area contributed by atoms with Crippen LogP contribution in [0.25, 0.3) is 11.0 Å². The van der Waals surface area contributed by atoms with E-state index in [-0.39, 0.29) is 29.5 Å². The second-order valence-corrected chi connectivity index (χ2v) is 11.8. The number of Topliss-reactive ketones (excluding diaryl/α,β-unsaturated/α-hetero) is 1. The normalized spacial score (nSPS) is 17.5. The SMILES string of the molecule is Cn1c(=O)c(C#N)c(N2CCN(C(c3ccc(F)cc3)c3ccc(F)cc3)C(C(=O)CC3CC3)C2)c2nc(Br)ccc21. The standard InChI is InChI=1S/C32H28BrF2N5O2/c1-38-25-12-13-28(33)37-29(25)31(24(17-36)32(38)42)39-14-15-40(26(18-39)27(41)16-19-2-3-19)30(20-4-8-22(34)9-5-20)21-6-10-23(35)11-7-21/h4-13,19,26,30H,2-3,14-16,18H2,1H3. The highest BCUT2D eigenvalue weighted by Gasteiger charge is 2.40. The Labute approximate surface area is 250 Å². The first-order chi connectivity index (χ1) is 20.2. The molecule has 2 aliphatic rings. The highest BCUT2D eigenvalue weighted by molar-refractivity contribution is 9.10. The van der Waals surface area contributed by atoms with E-state index >= 15 is 0 Å². The number of rotatable bonds is 7. The number of hydrogen-bond donors (Lipinski definition) is 0. The Morgan fingerprint density at radius 2 is 1.64 bits per heavy atom. The third-order valence-electron chi connectivity index (χ3n) is 8.29. The number of aryl methyl sites for hydroxylation is 1. The zero-order chi connectivity index (χ0) is 29.5. The lowest BCUT2D eigenvalue weighted by Gasteiger charge is -2.46. The number of fused-ring (bicyclic) bond motifs is 1. The van der Waals surface area contributed by atoms with Crippen LogP contribution in [-0.2, 0) is 11.8 Å². The quantitative estimate of drug-likeness (QED) is 0.251. The molecule has 1 unspecified atom stereocenters. The molecule has 0 N–H and O–H groups in total. The van der Waals surface area contributed by atoms with Gasteiger partial charge in [0.05, 0.1) is 23.3 Å². The fourth-order valence-electron chi connectivity index (χ4n) is 5.98. The van der Waals surface area contributed by atoms with Gasteiger partial charge in [0.2, 0.25) is 0 Å². The Bertz CT molecular complexity index is 1720. The van der Waals surface area contributed by atoms with Gasteiger partial charge in [-0.25, -0.2) is 13.8 Å². The number of benzene rings is 2. The number of halogens is 3. The third kappa shape index (κ3) is 5.35. The van der Waals surface area contributed by atoms with E-state index in [0.717, 1.165) is 24.0 Å². The first-order valence-electron chi connectivity index (χ1n) is 13.9. The van der Waals surface area contributed by atoms with E-state index in [1.807, 2.05) is 4.90 Å². The van der Waals surface area contributed by atoms with E-state index in [4.69, 9.17) is 0 Å². The predicted octanol–water partition coefficient (Wildman–Crippen LogP) is 5.50. The molecule has 1 aliphatic carbocycles. The lowest BCUT2D eigenvalue weighted by Crippen LogP contribution is -2.58. The predicted molar refractivity (Wildman–Crippen MR) is 159 cm³/mol. The zero-order valence-electron chi connectivity index (χ0n) is 22.9. The number of anilines is 1. The molecule has 1 saturated carbocycles. The minimum atomic E-state index is -0.600. The molecule has 0 bridgehead atoms. The van der Waals surface area contributed by atoms with Crippen molar-refractivity contribution in [3.8, 4) is 6.07 Å². The number of carbonyl (C=O) groups is 1. The molecular formula is C32H28BrF2N5O2. The molecule has 0 spiro atoms. The third-order valence-corrected chi connectivity index (χ3v) is 8.73. The van der Waals surface area contributed by atoms with Gasteiger partial charge >= 0.3 is 0 Å². The van der Waals surface area contributed by atoms with Gasteiger partial charge in [-0.05, 0) is 82.2 Å². The molecule has 3 heterocycles. The molecule has 2 aromatic heterocycles. The van der Waals surface area contributed by atoms with Gasteiger partial charge in [0.15, 0.2) is 5.78 Å². The fourth-order valence-corrected chi connectivity index (χ4v) is 6.29. The highest BCUT2D eigenvalue weighted by Crippen LogP contribution is 2.38. The maximum absolute atomic E-state index is 14.0. The molecule has 6 rings (SSSR count). The first kappa shape index (κ1) is 28.2. The van der Waals surface area contributed by atoms with Crippen LogP contribution < -0.4 is 10.5 Å². The summed E-state index contributed by atoms with van der Waals surface area (Å²) in [6.07, 6.45) is 2.45. The van der Waals surface area contributed by atoms with Crippen LogP contribution in [0.4, 0.5) is 14.5 Å². The lowest BCUT2D eigenvalue weighted by molar-refractivity contribution is -0.125. The van der Waals surface area contributed by atoms with E-state index in [1.54, 1.807) is 43.4 Å². The summed E-state index contributed by atoms with van der Waals surface area (Å²) in [5.41, 5.74) is 2.61. The van der Waals surface area contributed by atoms with Gasteiger partial charge in [0, 0.05) is 33.1 Å². The Morgan fingerprint density at radius 3 is 2.21 bits per heavy atom. The minimum Gasteiger partial charge on any atom is -0.365 e. The summed E-state index contributed by atoms with van der Waals surface area (Å²) in [7, 11) is 1.61. The van der Waals surface area contributed by atoms with Crippen LogP contribution >= 0.6 is 15.9 Å². The second kappa shape index (κ2) is 11.4. The first-order valence-corrected chi connectivity index (χ1v) is 14.7. The van der Waals surface area contributed by atoms with Gasteiger partial charge in [-0.2, -0.15) is 5.26 Å². The smallest absolute Gasteiger partial charge is 0.270 e. The number of pyridine rings is 2. The molecule has 2 aromatic carbocycles. The topological polar surface area (TPSA) is 82.2 Å². The van der Waals surface area contributed by atoms with Crippen LogP contribution in [0.1, 0.15) is 42.0 Å². The number of hydrogen-bond acceptors (Lipinski definition) is 6. The Morgan fingerprint density at radius 1 is 1.02 bits per heavy atom. The molecule has 7 nitrogen and oxygen atoms in total. The monoisotopic (exact) mass is 631 g/mol. The Hall–Kier alpha value is -3.94. The van der Waals surface area contributed by atoms with Crippen LogP contribution in [0.5, 0.6) is 0 Å².